The molecular weight excluding hydrogens is 346 g/mol. The average molecular weight is 366 g/mol. The lowest BCUT2D eigenvalue weighted by atomic mass is 10.2. The maximum Gasteiger partial charge on any atom is 0.262 e. The van der Waals surface area contributed by atoms with Gasteiger partial charge in [0, 0.05) is 18.1 Å². The molecule has 0 radical (unpaired) electrons. The van der Waals surface area contributed by atoms with Gasteiger partial charge in [-0.1, -0.05) is 36.7 Å². The molecule has 0 bridgehead atoms. The first-order valence-electron chi connectivity index (χ1n) is 8.24. The number of hydrogen-bond acceptors (Lipinski definition) is 4. The van der Waals surface area contributed by atoms with Crippen molar-refractivity contribution in [1.29, 1.82) is 0 Å². The number of carbonyl (C=O) groups excluding carboxylic acids is 1. The van der Waals surface area contributed by atoms with Crippen LogP contribution in [0.5, 0.6) is 0 Å². The van der Waals surface area contributed by atoms with Crippen molar-refractivity contribution in [2.45, 2.75) is 49.6 Å². The highest BCUT2D eigenvalue weighted by molar-refractivity contribution is 8.00. The Morgan fingerprint density at radius 3 is 3.00 bits per heavy atom. The normalized spacial score (nSPS) is 18.4. The Morgan fingerprint density at radius 1 is 1.38 bits per heavy atom. The predicted octanol–water partition coefficient (Wildman–Crippen LogP) is 3.22. The zero-order valence-corrected chi connectivity index (χ0v) is 15.1. The second-order valence-electron chi connectivity index (χ2n) is 5.91. The molecule has 1 saturated heterocycles. The smallest absolute Gasteiger partial charge is 0.262 e. The van der Waals surface area contributed by atoms with E-state index in [2.05, 4.69) is 10.3 Å². The lowest BCUT2D eigenvalue weighted by Gasteiger charge is -2.16. The summed E-state index contributed by atoms with van der Waals surface area (Å²) in [4.78, 5) is 29.7. The Morgan fingerprint density at radius 2 is 2.21 bits per heavy atom. The van der Waals surface area contributed by atoms with Crippen molar-refractivity contribution < 1.29 is 4.79 Å². The molecule has 0 spiro atoms. The predicted molar refractivity (Wildman–Crippen MR) is 97.8 cm³/mol. The van der Waals surface area contributed by atoms with Gasteiger partial charge in [0.1, 0.15) is 0 Å². The molecule has 1 atom stereocenters. The third-order valence-electron chi connectivity index (χ3n) is 4.06. The van der Waals surface area contributed by atoms with Gasteiger partial charge in [-0.3, -0.25) is 14.2 Å². The minimum Gasteiger partial charge on any atom is -0.355 e. The van der Waals surface area contributed by atoms with Crippen LogP contribution in [-0.4, -0.2) is 27.3 Å². The molecule has 5 nitrogen and oxygen atoms in total. The molecule has 1 N–H and O–H groups in total. The number of aromatic nitrogens is 2. The Hall–Kier alpha value is -1.53. The number of benzene rings is 1. The zero-order valence-electron chi connectivity index (χ0n) is 13.5. The van der Waals surface area contributed by atoms with Crippen LogP contribution in [0, 0.1) is 0 Å². The van der Waals surface area contributed by atoms with E-state index in [1.807, 2.05) is 6.92 Å². The molecule has 7 heteroatoms. The van der Waals surface area contributed by atoms with Gasteiger partial charge < -0.3 is 5.32 Å². The number of fused-ring (bicyclic) bond motifs is 1. The molecule has 1 amide bonds. The van der Waals surface area contributed by atoms with Crippen LogP contribution < -0.4 is 10.9 Å². The van der Waals surface area contributed by atoms with E-state index in [4.69, 9.17) is 11.6 Å². The van der Waals surface area contributed by atoms with Crippen LogP contribution in [-0.2, 0) is 11.3 Å². The van der Waals surface area contributed by atoms with E-state index in [-0.39, 0.29) is 16.7 Å². The largest absolute Gasteiger partial charge is 0.355 e. The fraction of sp³-hybridized carbons (Fsp3) is 0.471. The topological polar surface area (TPSA) is 64.0 Å². The van der Waals surface area contributed by atoms with Crippen molar-refractivity contribution in [3.8, 4) is 0 Å². The second-order valence-corrected chi connectivity index (χ2v) is 7.51. The van der Waals surface area contributed by atoms with Crippen molar-refractivity contribution in [3.63, 3.8) is 0 Å². The van der Waals surface area contributed by atoms with Crippen LogP contribution in [0.25, 0.3) is 10.9 Å². The first-order valence-corrected chi connectivity index (χ1v) is 9.50. The maximum absolute atomic E-state index is 12.8. The molecule has 2 heterocycles. The number of nitrogens with one attached hydrogen (secondary N) is 1. The van der Waals surface area contributed by atoms with Crippen LogP contribution in [0.4, 0.5) is 0 Å². The summed E-state index contributed by atoms with van der Waals surface area (Å²) in [5.41, 5.74) is 0.506. The summed E-state index contributed by atoms with van der Waals surface area (Å²) in [6, 6.07) is 5.12. The van der Waals surface area contributed by atoms with Gasteiger partial charge in [0.25, 0.3) is 5.56 Å². The SMILES string of the molecule is CCCn1c(S[C@H]2CCCCNC2=O)nc2cc(Cl)ccc2c1=O. The third-order valence-corrected chi connectivity index (χ3v) is 5.55. The minimum absolute atomic E-state index is 0.0287. The highest BCUT2D eigenvalue weighted by Gasteiger charge is 2.24. The Labute approximate surface area is 149 Å². The van der Waals surface area contributed by atoms with Gasteiger partial charge in [-0.25, -0.2) is 4.98 Å². The maximum atomic E-state index is 12.8. The summed E-state index contributed by atoms with van der Waals surface area (Å²) in [7, 11) is 0. The van der Waals surface area contributed by atoms with Crippen molar-refractivity contribution in [2.24, 2.45) is 0 Å². The molecule has 128 valence electrons. The highest BCUT2D eigenvalue weighted by Crippen LogP contribution is 2.28. The molecule has 3 rings (SSSR count). The van der Waals surface area contributed by atoms with E-state index >= 15 is 0 Å². The number of carbonyl (C=O) groups is 1. The molecule has 0 aliphatic carbocycles. The lowest BCUT2D eigenvalue weighted by Crippen LogP contribution is -2.32. The fourth-order valence-electron chi connectivity index (χ4n) is 2.84. The molecule has 1 aliphatic rings. The van der Waals surface area contributed by atoms with Crippen LogP contribution >= 0.6 is 23.4 Å². The molecule has 24 heavy (non-hydrogen) atoms. The average Bonchev–Trinajstić information content (AvgIpc) is 2.75. The zero-order chi connectivity index (χ0) is 17.1. The van der Waals surface area contributed by atoms with E-state index in [0.29, 0.717) is 27.6 Å². The van der Waals surface area contributed by atoms with Crippen LogP contribution in [0.2, 0.25) is 5.02 Å². The van der Waals surface area contributed by atoms with Crippen molar-refractivity contribution in [2.75, 3.05) is 6.54 Å². The van der Waals surface area contributed by atoms with Crippen LogP contribution in [0.3, 0.4) is 0 Å². The van der Waals surface area contributed by atoms with Gasteiger partial charge >= 0.3 is 0 Å². The third kappa shape index (κ3) is 3.59. The standard InChI is InChI=1S/C17H20ClN3O2S/c1-2-9-21-16(23)12-7-6-11(18)10-13(12)20-17(21)24-14-5-3-4-8-19-15(14)22/h6-7,10,14H,2-5,8-9H2,1H3,(H,19,22)/t14-/m0/s1. The Balaban J connectivity index is 2.05. The van der Waals surface area contributed by atoms with Gasteiger partial charge in [-0.05, 0) is 37.5 Å². The summed E-state index contributed by atoms with van der Waals surface area (Å²) in [6.07, 6.45) is 3.61. The van der Waals surface area contributed by atoms with Crippen molar-refractivity contribution in [1.82, 2.24) is 14.9 Å². The Kier molecular flexibility index (Phi) is 5.46. The fourth-order valence-corrected chi connectivity index (χ4v) is 4.18. The van der Waals surface area contributed by atoms with Crippen LogP contribution in [0.1, 0.15) is 32.6 Å². The molecule has 0 saturated carbocycles. The van der Waals surface area contributed by atoms with Crippen molar-refractivity contribution in [3.05, 3.63) is 33.6 Å². The monoisotopic (exact) mass is 365 g/mol. The first kappa shape index (κ1) is 17.3. The van der Waals surface area contributed by atoms with E-state index in [1.165, 1.54) is 11.8 Å². The molecule has 1 fully saturated rings. The first-order chi connectivity index (χ1) is 11.6. The number of hydrogen-bond donors (Lipinski definition) is 1. The number of amides is 1. The number of rotatable bonds is 4. The summed E-state index contributed by atoms with van der Waals surface area (Å²) in [6.45, 7) is 3.32. The Bertz CT molecular complexity index is 821. The molecule has 1 aromatic heterocycles. The number of halogens is 1. The van der Waals surface area contributed by atoms with Gasteiger partial charge in [0.2, 0.25) is 5.91 Å². The van der Waals surface area contributed by atoms with E-state index in [0.717, 1.165) is 32.2 Å². The summed E-state index contributed by atoms with van der Waals surface area (Å²) >= 11 is 7.43. The van der Waals surface area contributed by atoms with Gasteiger partial charge in [0.15, 0.2) is 5.16 Å². The lowest BCUT2D eigenvalue weighted by molar-refractivity contribution is -0.120. The molecule has 1 aromatic carbocycles. The van der Waals surface area contributed by atoms with Crippen molar-refractivity contribution >= 4 is 40.2 Å². The van der Waals surface area contributed by atoms with Crippen LogP contribution in [0.15, 0.2) is 28.2 Å². The van der Waals surface area contributed by atoms with E-state index in [1.54, 1.807) is 22.8 Å². The van der Waals surface area contributed by atoms with E-state index < -0.39 is 0 Å². The summed E-state index contributed by atoms with van der Waals surface area (Å²) < 4.78 is 1.68. The second kappa shape index (κ2) is 7.57. The summed E-state index contributed by atoms with van der Waals surface area (Å²) in [5, 5.41) is 4.42. The molecular formula is C17H20ClN3O2S. The molecule has 1 aliphatic heterocycles. The number of thioether (sulfide) groups is 1. The molecule has 0 unspecified atom stereocenters. The highest BCUT2D eigenvalue weighted by atomic mass is 35.5. The van der Waals surface area contributed by atoms with Gasteiger partial charge in [-0.2, -0.15) is 0 Å². The minimum atomic E-state index is -0.209. The summed E-state index contributed by atoms with van der Waals surface area (Å²) in [5.74, 6) is 0.0287. The van der Waals surface area contributed by atoms with Gasteiger partial charge in [-0.15, -0.1) is 0 Å². The number of nitrogens with zero attached hydrogens (tertiary/aromatic N) is 2. The molecule has 2 aromatic rings. The quantitative estimate of drug-likeness (QED) is 0.845. The van der Waals surface area contributed by atoms with Gasteiger partial charge in [0.05, 0.1) is 16.2 Å². The van der Waals surface area contributed by atoms with E-state index in [9.17, 15) is 9.59 Å².